The van der Waals surface area contributed by atoms with E-state index in [0.29, 0.717) is 10.2 Å². The lowest BCUT2D eigenvalue weighted by Gasteiger charge is -2.05. The number of rotatable bonds is 5. The molecule has 0 saturated heterocycles. The SMILES string of the molecule is Cn1c(SCC(=O)Nc2ccccc2)nnc1-c1ccc(Cl)cc1. The number of hydrogen-bond acceptors (Lipinski definition) is 4. The van der Waals surface area contributed by atoms with Crippen LogP contribution in [0.4, 0.5) is 5.69 Å². The van der Waals surface area contributed by atoms with Crippen LogP contribution < -0.4 is 5.32 Å². The molecule has 1 amide bonds. The van der Waals surface area contributed by atoms with Gasteiger partial charge in [0, 0.05) is 23.3 Å². The van der Waals surface area contributed by atoms with E-state index in [0.717, 1.165) is 17.1 Å². The maximum absolute atomic E-state index is 12.0. The van der Waals surface area contributed by atoms with Crippen molar-refractivity contribution >= 4 is 35.0 Å². The first kappa shape index (κ1) is 16.5. The number of thioether (sulfide) groups is 1. The van der Waals surface area contributed by atoms with Gasteiger partial charge in [0.05, 0.1) is 5.75 Å². The molecule has 1 N–H and O–H groups in total. The molecule has 0 bridgehead atoms. The largest absolute Gasteiger partial charge is 0.325 e. The summed E-state index contributed by atoms with van der Waals surface area (Å²) in [5, 5.41) is 12.6. The van der Waals surface area contributed by atoms with E-state index >= 15 is 0 Å². The second-order valence-electron chi connectivity index (χ2n) is 5.07. The molecule has 3 aromatic rings. The third kappa shape index (κ3) is 3.96. The summed E-state index contributed by atoms with van der Waals surface area (Å²) in [7, 11) is 1.88. The third-order valence-corrected chi connectivity index (χ3v) is 4.60. The first-order chi connectivity index (χ1) is 11.6. The third-order valence-electron chi connectivity index (χ3n) is 3.33. The Morgan fingerprint density at radius 3 is 2.54 bits per heavy atom. The average Bonchev–Trinajstić information content (AvgIpc) is 2.95. The van der Waals surface area contributed by atoms with Gasteiger partial charge in [-0.1, -0.05) is 41.6 Å². The number of carbonyl (C=O) groups excluding carboxylic acids is 1. The molecule has 0 unspecified atom stereocenters. The van der Waals surface area contributed by atoms with Crippen molar-refractivity contribution in [1.82, 2.24) is 14.8 Å². The molecular formula is C17H15ClN4OS. The lowest BCUT2D eigenvalue weighted by Crippen LogP contribution is -2.14. The molecule has 7 heteroatoms. The Morgan fingerprint density at radius 1 is 1.12 bits per heavy atom. The number of hydrogen-bond donors (Lipinski definition) is 1. The van der Waals surface area contributed by atoms with Crippen LogP contribution >= 0.6 is 23.4 Å². The van der Waals surface area contributed by atoms with E-state index in [4.69, 9.17) is 11.6 Å². The van der Waals surface area contributed by atoms with Crippen LogP contribution in [0.25, 0.3) is 11.4 Å². The van der Waals surface area contributed by atoms with E-state index in [-0.39, 0.29) is 11.7 Å². The van der Waals surface area contributed by atoms with Gasteiger partial charge < -0.3 is 9.88 Å². The van der Waals surface area contributed by atoms with Crippen LogP contribution in [0, 0.1) is 0 Å². The summed E-state index contributed by atoms with van der Waals surface area (Å²) in [5.74, 6) is 0.918. The van der Waals surface area contributed by atoms with Crippen molar-refractivity contribution in [1.29, 1.82) is 0 Å². The standard InChI is InChI=1S/C17H15ClN4OS/c1-22-16(12-7-9-13(18)10-8-12)20-21-17(22)24-11-15(23)19-14-5-3-2-4-6-14/h2-10H,11H2,1H3,(H,19,23). The maximum Gasteiger partial charge on any atom is 0.234 e. The zero-order chi connectivity index (χ0) is 16.9. The van der Waals surface area contributed by atoms with Crippen molar-refractivity contribution in [2.45, 2.75) is 5.16 Å². The monoisotopic (exact) mass is 358 g/mol. The van der Waals surface area contributed by atoms with Gasteiger partial charge in [0.1, 0.15) is 0 Å². The summed E-state index contributed by atoms with van der Waals surface area (Å²) in [4.78, 5) is 12.0. The minimum absolute atomic E-state index is 0.0813. The molecule has 0 spiro atoms. The molecule has 0 fully saturated rings. The van der Waals surface area contributed by atoms with E-state index in [1.807, 2.05) is 66.2 Å². The van der Waals surface area contributed by atoms with E-state index in [9.17, 15) is 4.79 Å². The lowest BCUT2D eigenvalue weighted by molar-refractivity contribution is -0.113. The molecule has 0 aliphatic heterocycles. The smallest absolute Gasteiger partial charge is 0.234 e. The number of nitrogens with one attached hydrogen (secondary N) is 1. The molecule has 0 saturated carbocycles. The highest BCUT2D eigenvalue weighted by Gasteiger charge is 2.13. The van der Waals surface area contributed by atoms with Gasteiger partial charge in [-0.25, -0.2) is 0 Å². The fourth-order valence-corrected chi connectivity index (χ4v) is 2.98. The van der Waals surface area contributed by atoms with Gasteiger partial charge in [0.15, 0.2) is 11.0 Å². The molecule has 0 aliphatic carbocycles. The lowest BCUT2D eigenvalue weighted by atomic mass is 10.2. The zero-order valence-corrected chi connectivity index (χ0v) is 14.5. The quantitative estimate of drug-likeness (QED) is 0.703. The number of aromatic nitrogens is 3. The van der Waals surface area contributed by atoms with Gasteiger partial charge in [-0.3, -0.25) is 4.79 Å². The fourth-order valence-electron chi connectivity index (χ4n) is 2.14. The molecule has 122 valence electrons. The summed E-state index contributed by atoms with van der Waals surface area (Å²) in [6.07, 6.45) is 0. The van der Waals surface area contributed by atoms with Crippen LogP contribution in [0.5, 0.6) is 0 Å². The van der Waals surface area contributed by atoms with Crippen molar-refractivity contribution < 1.29 is 4.79 Å². The van der Waals surface area contributed by atoms with Crippen LogP contribution in [0.15, 0.2) is 59.8 Å². The predicted molar refractivity (Wildman–Crippen MR) is 97.2 cm³/mol. The minimum Gasteiger partial charge on any atom is -0.325 e. The molecule has 2 aromatic carbocycles. The van der Waals surface area contributed by atoms with Gasteiger partial charge in [-0.15, -0.1) is 10.2 Å². The molecule has 5 nitrogen and oxygen atoms in total. The van der Waals surface area contributed by atoms with E-state index < -0.39 is 0 Å². The fraction of sp³-hybridized carbons (Fsp3) is 0.118. The Labute approximate surface area is 149 Å². The first-order valence-corrected chi connectivity index (χ1v) is 8.63. The Balaban J connectivity index is 1.64. The number of nitrogens with zero attached hydrogens (tertiary/aromatic N) is 3. The maximum atomic E-state index is 12.0. The van der Waals surface area contributed by atoms with Crippen molar-refractivity contribution in [3.63, 3.8) is 0 Å². The van der Waals surface area contributed by atoms with Gasteiger partial charge >= 0.3 is 0 Å². The normalized spacial score (nSPS) is 10.6. The molecule has 0 radical (unpaired) electrons. The van der Waals surface area contributed by atoms with Gasteiger partial charge in [0.2, 0.25) is 5.91 Å². The van der Waals surface area contributed by atoms with E-state index in [1.165, 1.54) is 11.8 Å². The van der Waals surface area contributed by atoms with E-state index in [2.05, 4.69) is 15.5 Å². The number of para-hydroxylation sites is 1. The molecular weight excluding hydrogens is 344 g/mol. The van der Waals surface area contributed by atoms with Crippen LogP contribution in [0.1, 0.15) is 0 Å². The summed E-state index contributed by atoms with van der Waals surface area (Å²) in [5.41, 5.74) is 1.71. The van der Waals surface area contributed by atoms with Crippen molar-refractivity contribution in [2.24, 2.45) is 7.05 Å². The zero-order valence-electron chi connectivity index (χ0n) is 12.9. The minimum atomic E-state index is -0.0813. The molecule has 3 rings (SSSR count). The van der Waals surface area contributed by atoms with Crippen LogP contribution in [-0.4, -0.2) is 26.4 Å². The van der Waals surface area contributed by atoms with Crippen LogP contribution in [0.3, 0.4) is 0 Å². The van der Waals surface area contributed by atoms with Crippen molar-refractivity contribution in [3.05, 3.63) is 59.6 Å². The van der Waals surface area contributed by atoms with Crippen LogP contribution in [0.2, 0.25) is 5.02 Å². The average molecular weight is 359 g/mol. The number of anilines is 1. The second-order valence-corrected chi connectivity index (χ2v) is 6.45. The molecule has 24 heavy (non-hydrogen) atoms. The molecule has 1 heterocycles. The van der Waals surface area contributed by atoms with Gasteiger partial charge in [-0.05, 0) is 36.4 Å². The topological polar surface area (TPSA) is 59.8 Å². The van der Waals surface area contributed by atoms with Crippen molar-refractivity contribution in [2.75, 3.05) is 11.1 Å². The van der Waals surface area contributed by atoms with E-state index in [1.54, 1.807) is 0 Å². The summed E-state index contributed by atoms with van der Waals surface area (Å²) in [6, 6.07) is 16.8. The highest BCUT2D eigenvalue weighted by atomic mass is 35.5. The number of carbonyl (C=O) groups is 1. The molecule has 0 aliphatic rings. The highest BCUT2D eigenvalue weighted by molar-refractivity contribution is 7.99. The molecule has 0 atom stereocenters. The highest BCUT2D eigenvalue weighted by Crippen LogP contribution is 2.24. The molecule has 1 aromatic heterocycles. The second kappa shape index (κ2) is 7.51. The number of halogens is 1. The summed E-state index contributed by atoms with van der Waals surface area (Å²) >= 11 is 7.25. The number of amides is 1. The Morgan fingerprint density at radius 2 is 1.83 bits per heavy atom. The van der Waals surface area contributed by atoms with Crippen LogP contribution in [-0.2, 0) is 11.8 Å². The Bertz CT molecular complexity index is 834. The predicted octanol–water partition coefficient (Wildman–Crippen LogP) is 3.87. The van der Waals surface area contributed by atoms with Gasteiger partial charge in [0.25, 0.3) is 0 Å². The summed E-state index contributed by atoms with van der Waals surface area (Å²) < 4.78 is 1.86. The van der Waals surface area contributed by atoms with Crippen molar-refractivity contribution in [3.8, 4) is 11.4 Å². The first-order valence-electron chi connectivity index (χ1n) is 7.26. The number of benzene rings is 2. The Hall–Kier alpha value is -2.31. The van der Waals surface area contributed by atoms with Gasteiger partial charge in [-0.2, -0.15) is 0 Å². The Kier molecular flexibility index (Phi) is 5.17. The summed E-state index contributed by atoms with van der Waals surface area (Å²) in [6.45, 7) is 0.